The van der Waals surface area contributed by atoms with Crippen molar-refractivity contribution in [3.8, 4) is 0 Å². The number of H-pyrrole nitrogens is 1. The molecule has 0 aliphatic rings. The molecular weight excluding hydrogens is 228 g/mol. The van der Waals surface area contributed by atoms with Gasteiger partial charge >= 0.3 is 5.69 Å². The van der Waals surface area contributed by atoms with Crippen LogP contribution in [0.3, 0.4) is 0 Å². The number of hydrogen-bond acceptors (Lipinski definition) is 5. The van der Waals surface area contributed by atoms with E-state index in [-0.39, 0.29) is 6.61 Å². The van der Waals surface area contributed by atoms with Crippen LogP contribution in [-0.2, 0) is 4.74 Å². The molecular formula is C10H16N2O5. The van der Waals surface area contributed by atoms with Crippen LogP contribution in [0.15, 0.2) is 21.9 Å². The quantitative estimate of drug-likeness (QED) is 0.595. The maximum atomic E-state index is 11.4. The summed E-state index contributed by atoms with van der Waals surface area (Å²) in [7, 11) is 1.40. The number of aliphatic hydroxyl groups excluding tert-OH is 2. The number of nitrogens with one attached hydrogen (secondary N) is 1. The summed E-state index contributed by atoms with van der Waals surface area (Å²) in [6.45, 7) is 1.36. The van der Waals surface area contributed by atoms with Crippen molar-refractivity contribution in [1.29, 1.82) is 0 Å². The van der Waals surface area contributed by atoms with Gasteiger partial charge in [0, 0.05) is 25.3 Å². The van der Waals surface area contributed by atoms with E-state index >= 15 is 0 Å². The molecule has 0 aliphatic heterocycles. The van der Waals surface area contributed by atoms with Gasteiger partial charge in [-0.15, -0.1) is 0 Å². The zero-order chi connectivity index (χ0) is 13.0. The topological polar surface area (TPSA) is 105 Å². The van der Waals surface area contributed by atoms with E-state index < -0.39 is 29.5 Å². The molecule has 0 saturated carbocycles. The van der Waals surface area contributed by atoms with Gasteiger partial charge in [-0.05, 0) is 0 Å². The second-order valence-electron chi connectivity index (χ2n) is 3.75. The van der Waals surface area contributed by atoms with Gasteiger partial charge in [-0.3, -0.25) is 14.3 Å². The standard InChI is InChI=1S/C10H16N2O5/c1-6(7(5-13)17-2)9(15)12-4-3-8(14)11-10(12)16/h3-4,6-7,9,13,15H,5H2,1-2H3,(H,11,14,16)/t6-,7-,9-/m1/s1. The van der Waals surface area contributed by atoms with Crippen LogP contribution in [-0.4, -0.2) is 39.6 Å². The number of aromatic nitrogens is 2. The Labute approximate surface area is 97.3 Å². The minimum absolute atomic E-state index is 0.271. The summed E-state index contributed by atoms with van der Waals surface area (Å²) in [5, 5.41) is 19.0. The molecule has 96 valence electrons. The molecule has 0 spiro atoms. The molecule has 1 heterocycles. The molecule has 0 saturated heterocycles. The first-order chi connectivity index (χ1) is 8.01. The van der Waals surface area contributed by atoms with Crippen molar-refractivity contribution in [3.05, 3.63) is 33.1 Å². The molecule has 0 radical (unpaired) electrons. The lowest BCUT2D eigenvalue weighted by molar-refractivity contribution is -0.0613. The van der Waals surface area contributed by atoms with Crippen LogP contribution < -0.4 is 11.2 Å². The Bertz CT molecular complexity index is 462. The number of aliphatic hydroxyl groups is 2. The first kappa shape index (κ1) is 13.6. The Kier molecular flexibility index (Phi) is 4.62. The molecule has 0 aliphatic carbocycles. The van der Waals surface area contributed by atoms with E-state index in [1.54, 1.807) is 6.92 Å². The van der Waals surface area contributed by atoms with Crippen molar-refractivity contribution in [3.63, 3.8) is 0 Å². The van der Waals surface area contributed by atoms with Crippen LogP contribution in [0.2, 0.25) is 0 Å². The lowest BCUT2D eigenvalue weighted by Crippen LogP contribution is -2.38. The maximum absolute atomic E-state index is 11.4. The van der Waals surface area contributed by atoms with Crippen molar-refractivity contribution in [1.82, 2.24) is 9.55 Å². The summed E-state index contributed by atoms with van der Waals surface area (Å²) in [5.74, 6) is -0.506. The Morgan fingerprint density at radius 1 is 1.53 bits per heavy atom. The molecule has 1 aromatic heterocycles. The number of aromatic amines is 1. The van der Waals surface area contributed by atoms with Crippen LogP contribution in [0, 0.1) is 5.92 Å². The van der Waals surface area contributed by atoms with Crippen LogP contribution in [0.4, 0.5) is 0 Å². The van der Waals surface area contributed by atoms with Gasteiger partial charge in [-0.25, -0.2) is 4.79 Å². The predicted molar refractivity (Wildman–Crippen MR) is 59.6 cm³/mol. The fraction of sp³-hybridized carbons (Fsp3) is 0.600. The Morgan fingerprint density at radius 3 is 2.65 bits per heavy atom. The average molecular weight is 244 g/mol. The van der Waals surface area contributed by atoms with E-state index in [4.69, 9.17) is 9.84 Å². The minimum atomic E-state index is -1.18. The largest absolute Gasteiger partial charge is 0.394 e. The lowest BCUT2D eigenvalue weighted by Gasteiger charge is -2.26. The van der Waals surface area contributed by atoms with E-state index in [0.29, 0.717) is 0 Å². The van der Waals surface area contributed by atoms with Crippen molar-refractivity contribution in [2.24, 2.45) is 5.92 Å². The molecule has 1 rings (SSSR count). The highest BCUT2D eigenvalue weighted by Crippen LogP contribution is 2.18. The number of methoxy groups -OCH3 is 1. The molecule has 3 atom stereocenters. The Balaban J connectivity index is 2.99. The highest BCUT2D eigenvalue weighted by atomic mass is 16.5. The highest BCUT2D eigenvalue weighted by molar-refractivity contribution is 4.85. The highest BCUT2D eigenvalue weighted by Gasteiger charge is 2.25. The third-order valence-electron chi connectivity index (χ3n) is 2.68. The number of rotatable bonds is 5. The number of ether oxygens (including phenoxy) is 1. The smallest absolute Gasteiger partial charge is 0.330 e. The fourth-order valence-electron chi connectivity index (χ4n) is 1.54. The minimum Gasteiger partial charge on any atom is -0.394 e. The van der Waals surface area contributed by atoms with Crippen LogP contribution in [0.25, 0.3) is 0 Å². The normalized spacial score (nSPS) is 16.5. The van der Waals surface area contributed by atoms with E-state index in [9.17, 15) is 14.7 Å². The number of hydrogen-bond donors (Lipinski definition) is 3. The summed E-state index contributed by atoms with van der Waals surface area (Å²) in [5.41, 5.74) is -1.24. The summed E-state index contributed by atoms with van der Waals surface area (Å²) in [4.78, 5) is 24.3. The zero-order valence-electron chi connectivity index (χ0n) is 9.66. The molecule has 0 fully saturated rings. The molecule has 1 aromatic rings. The summed E-state index contributed by atoms with van der Waals surface area (Å²) in [6, 6.07) is 1.14. The van der Waals surface area contributed by atoms with Crippen LogP contribution >= 0.6 is 0 Å². The van der Waals surface area contributed by atoms with Crippen molar-refractivity contribution >= 4 is 0 Å². The Morgan fingerprint density at radius 2 is 2.18 bits per heavy atom. The van der Waals surface area contributed by atoms with E-state index in [2.05, 4.69) is 0 Å². The van der Waals surface area contributed by atoms with Crippen molar-refractivity contribution < 1.29 is 14.9 Å². The number of nitrogens with zero attached hydrogens (tertiary/aromatic N) is 1. The van der Waals surface area contributed by atoms with Crippen molar-refractivity contribution in [2.45, 2.75) is 19.3 Å². The van der Waals surface area contributed by atoms with Gasteiger partial charge < -0.3 is 14.9 Å². The average Bonchev–Trinajstić information content (AvgIpc) is 2.29. The van der Waals surface area contributed by atoms with E-state index in [1.165, 1.54) is 13.3 Å². The third-order valence-corrected chi connectivity index (χ3v) is 2.68. The lowest BCUT2D eigenvalue weighted by atomic mass is 10.0. The van der Waals surface area contributed by atoms with Gasteiger partial charge in [0.25, 0.3) is 5.56 Å². The molecule has 3 N–H and O–H groups in total. The second-order valence-corrected chi connectivity index (χ2v) is 3.75. The van der Waals surface area contributed by atoms with Crippen molar-refractivity contribution in [2.75, 3.05) is 13.7 Å². The first-order valence-corrected chi connectivity index (χ1v) is 5.14. The second kappa shape index (κ2) is 5.76. The molecule has 0 aromatic carbocycles. The SMILES string of the molecule is CO[C@H](CO)[C@@H](C)[C@@H](O)n1ccc(=O)[nH]c1=O. The van der Waals surface area contributed by atoms with Gasteiger partial charge in [0.05, 0.1) is 12.7 Å². The van der Waals surface area contributed by atoms with E-state index in [1.807, 2.05) is 4.98 Å². The zero-order valence-corrected chi connectivity index (χ0v) is 9.66. The van der Waals surface area contributed by atoms with Crippen LogP contribution in [0.5, 0.6) is 0 Å². The summed E-state index contributed by atoms with van der Waals surface area (Å²) in [6.07, 6.45) is -0.577. The molecule has 0 bridgehead atoms. The van der Waals surface area contributed by atoms with E-state index in [0.717, 1.165) is 10.6 Å². The van der Waals surface area contributed by atoms with Crippen LogP contribution in [0.1, 0.15) is 13.2 Å². The molecule has 0 unspecified atom stereocenters. The molecule has 17 heavy (non-hydrogen) atoms. The monoisotopic (exact) mass is 244 g/mol. The van der Waals surface area contributed by atoms with Gasteiger partial charge in [0.2, 0.25) is 0 Å². The maximum Gasteiger partial charge on any atom is 0.330 e. The summed E-state index contributed by atoms with van der Waals surface area (Å²) < 4.78 is 5.95. The van der Waals surface area contributed by atoms with Gasteiger partial charge in [-0.1, -0.05) is 6.92 Å². The van der Waals surface area contributed by atoms with Gasteiger partial charge in [0.1, 0.15) is 6.23 Å². The van der Waals surface area contributed by atoms with Gasteiger partial charge in [0.15, 0.2) is 0 Å². The Hall–Kier alpha value is -1.44. The molecule has 7 nitrogen and oxygen atoms in total. The summed E-state index contributed by atoms with van der Waals surface area (Å²) >= 11 is 0. The van der Waals surface area contributed by atoms with Gasteiger partial charge in [-0.2, -0.15) is 0 Å². The molecule has 0 amide bonds. The third kappa shape index (κ3) is 3.02. The molecule has 7 heteroatoms. The fourth-order valence-corrected chi connectivity index (χ4v) is 1.54. The first-order valence-electron chi connectivity index (χ1n) is 5.14. The predicted octanol–water partition coefficient (Wildman–Crippen LogP) is -1.33.